The van der Waals surface area contributed by atoms with E-state index in [1.165, 1.54) is 0 Å². The second kappa shape index (κ2) is 9.33. The van der Waals surface area contributed by atoms with E-state index in [1.807, 2.05) is 51.1 Å². The third kappa shape index (κ3) is 4.78. The number of fused-ring (bicyclic) bond motifs is 2. The first-order chi connectivity index (χ1) is 17.7. The molecule has 1 fully saturated rings. The molecule has 4 heterocycles. The van der Waals surface area contributed by atoms with Gasteiger partial charge in [-0.25, -0.2) is 4.79 Å². The van der Waals surface area contributed by atoms with Crippen molar-refractivity contribution >= 4 is 39.3 Å². The molecule has 0 amide bonds. The Bertz CT molecular complexity index is 1570. The molecule has 5 rings (SSSR count). The number of rotatable bonds is 5. The van der Waals surface area contributed by atoms with E-state index in [0.717, 1.165) is 16.6 Å². The molecular weight excluding hydrogens is 472 g/mol. The quantitative estimate of drug-likeness (QED) is 0.390. The van der Waals surface area contributed by atoms with Crippen molar-refractivity contribution in [1.29, 1.82) is 5.26 Å². The fourth-order valence-electron chi connectivity index (χ4n) is 4.71. The van der Waals surface area contributed by atoms with Gasteiger partial charge in [0.1, 0.15) is 11.0 Å². The molecule has 2 unspecified atom stereocenters. The van der Waals surface area contributed by atoms with Crippen LogP contribution in [0.2, 0.25) is 0 Å². The highest BCUT2D eigenvalue weighted by Crippen LogP contribution is 2.37. The molecule has 1 aromatic carbocycles. The number of hydrogen-bond acceptors (Lipinski definition) is 8. The Kier molecular flexibility index (Phi) is 6.17. The summed E-state index contributed by atoms with van der Waals surface area (Å²) in [4.78, 5) is 32.6. The largest absolute Gasteiger partial charge is 0.458 e. The Labute approximate surface area is 213 Å². The minimum absolute atomic E-state index is 0.0785. The van der Waals surface area contributed by atoms with Crippen LogP contribution in [0.3, 0.4) is 0 Å². The van der Waals surface area contributed by atoms with Crippen molar-refractivity contribution in [2.45, 2.75) is 57.3 Å². The van der Waals surface area contributed by atoms with Crippen molar-refractivity contribution in [1.82, 2.24) is 19.7 Å². The van der Waals surface area contributed by atoms with Gasteiger partial charge in [-0.1, -0.05) is 6.07 Å². The van der Waals surface area contributed by atoms with E-state index >= 15 is 0 Å². The summed E-state index contributed by atoms with van der Waals surface area (Å²) in [6.07, 6.45) is 3.48. The summed E-state index contributed by atoms with van der Waals surface area (Å²) in [5.41, 5.74) is 0.391. The lowest BCUT2D eigenvalue weighted by molar-refractivity contribution is -0.176. The van der Waals surface area contributed by atoms with Crippen molar-refractivity contribution in [2.75, 3.05) is 11.9 Å². The van der Waals surface area contributed by atoms with Crippen LogP contribution in [0.15, 0.2) is 53.6 Å². The first kappa shape index (κ1) is 24.5. The van der Waals surface area contributed by atoms with Crippen LogP contribution in [-0.2, 0) is 19.8 Å². The summed E-state index contributed by atoms with van der Waals surface area (Å²) in [5.74, 6) is -0.0559. The Balaban J connectivity index is 1.51. The van der Waals surface area contributed by atoms with E-state index in [1.54, 1.807) is 23.1 Å². The maximum atomic E-state index is 12.9. The SMILES string of the molecule is CC(C)(C)OC(=O)C1CCC(CC#N)(n2nc(Nc3ccc4ncccc4c3)c3c(=O)[nH]ccc32)CO1. The molecular formula is C27H28N6O4. The van der Waals surface area contributed by atoms with Crippen LogP contribution < -0.4 is 10.9 Å². The maximum absolute atomic E-state index is 12.9. The molecule has 1 saturated heterocycles. The molecule has 0 spiro atoms. The van der Waals surface area contributed by atoms with Crippen LogP contribution in [0.5, 0.6) is 0 Å². The number of anilines is 2. The number of aromatic nitrogens is 4. The normalized spacial score (nSPS) is 20.0. The van der Waals surface area contributed by atoms with Gasteiger partial charge in [0.2, 0.25) is 0 Å². The average molecular weight is 501 g/mol. The molecule has 0 bridgehead atoms. The third-order valence-corrected chi connectivity index (χ3v) is 6.42. The number of nitriles is 1. The van der Waals surface area contributed by atoms with Gasteiger partial charge >= 0.3 is 5.97 Å². The summed E-state index contributed by atoms with van der Waals surface area (Å²) < 4.78 is 13.2. The second-order valence-corrected chi connectivity index (χ2v) is 10.3. The lowest BCUT2D eigenvalue weighted by Gasteiger charge is -2.39. The van der Waals surface area contributed by atoms with Gasteiger partial charge in [0.25, 0.3) is 5.56 Å². The van der Waals surface area contributed by atoms with Gasteiger partial charge in [-0.3, -0.25) is 14.5 Å². The fraction of sp³-hybridized carbons (Fsp3) is 0.370. The number of carbonyl (C=O) groups is 1. The molecule has 2 atom stereocenters. The van der Waals surface area contributed by atoms with Gasteiger partial charge in [0.05, 0.1) is 35.7 Å². The van der Waals surface area contributed by atoms with Crippen LogP contribution >= 0.6 is 0 Å². The Morgan fingerprint density at radius 1 is 1.35 bits per heavy atom. The number of benzene rings is 1. The van der Waals surface area contributed by atoms with E-state index in [-0.39, 0.29) is 18.6 Å². The summed E-state index contributed by atoms with van der Waals surface area (Å²) in [6, 6.07) is 13.5. The van der Waals surface area contributed by atoms with Crippen LogP contribution in [0.1, 0.15) is 40.0 Å². The summed E-state index contributed by atoms with van der Waals surface area (Å²) in [6.45, 7) is 5.50. The number of esters is 1. The van der Waals surface area contributed by atoms with Crippen LogP contribution in [-0.4, -0.2) is 44.0 Å². The first-order valence-corrected chi connectivity index (χ1v) is 12.1. The molecule has 190 valence electrons. The van der Waals surface area contributed by atoms with E-state index in [0.29, 0.717) is 29.6 Å². The van der Waals surface area contributed by atoms with Gasteiger partial charge in [0.15, 0.2) is 11.9 Å². The van der Waals surface area contributed by atoms with Gasteiger partial charge < -0.3 is 19.8 Å². The smallest absolute Gasteiger partial charge is 0.335 e. The molecule has 1 aliphatic heterocycles. The number of ether oxygens (including phenoxy) is 2. The number of pyridine rings is 2. The predicted octanol–water partition coefficient (Wildman–Crippen LogP) is 4.15. The van der Waals surface area contributed by atoms with Gasteiger partial charge in [-0.15, -0.1) is 0 Å². The zero-order chi connectivity index (χ0) is 26.2. The maximum Gasteiger partial charge on any atom is 0.335 e. The van der Waals surface area contributed by atoms with E-state index < -0.39 is 23.2 Å². The Morgan fingerprint density at radius 2 is 2.19 bits per heavy atom. The van der Waals surface area contributed by atoms with Crippen molar-refractivity contribution < 1.29 is 14.3 Å². The van der Waals surface area contributed by atoms with E-state index in [2.05, 4.69) is 21.4 Å². The monoisotopic (exact) mass is 500 g/mol. The summed E-state index contributed by atoms with van der Waals surface area (Å²) in [5, 5.41) is 19.1. The summed E-state index contributed by atoms with van der Waals surface area (Å²) in [7, 11) is 0. The van der Waals surface area contributed by atoms with Gasteiger partial charge in [-0.05, 0) is 63.9 Å². The number of hydrogen-bond donors (Lipinski definition) is 2. The molecule has 10 nitrogen and oxygen atoms in total. The molecule has 0 radical (unpaired) electrons. The lowest BCUT2D eigenvalue weighted by atomic mass is 9.87. The second-order valence-electron chi connectivity index (χ2n) is 10.3. The molecule has 0 aliphatic carbocycles. The molecule has 2 N–H and O–H groups in total. The average Bonchev–Trinajstić information content (AvgIpc) is 3.23. The minimum atomic E-state index is -0.855. The molecule has 0 saturated carbocycles. The van der Waals surface area contributed by atoms with Crippen LogP contribution in [0, 0.1) is 11.3 Å². The number of aromatic amines is 1. The van der Waals surface area contributed by atoms with Crippen molar-refractivity contribution in [3.05, 3.63) is 59.1 Å². The highest BCUT2D eigenvalue weighted by atomic mass is 16.6. The van der Waals surface area contributed by atoms with E-state index in [9.17, 15) is 14.9 Å². The minimum Gasteiger partial charge on any atom is -0.458 e. The number of H-pyrrole nitrogens is 1. The predicted molar refractivity (Wildman–Crippen MR) is 138 cm³/mol. The standard InChI is InChI=1S/C27H28N6O4/c1-26(2,3)37-25(35)21-8-10-27(11-12-28,16-36-21)33-20-9-14-30-24(34)22(20)23(32-33)31-18-6-7-19-17(15-18)5-4-13-29-19/h4-7,9,13-15,21H,8,10-11,16H2,1-3H3,(H,30,34)(H,31,32). The number of carbonyl (C=O) groups excluding carboxylic acids is 1. The van der Waals surface area contributed by atoms with Crippen LogP contribution in [0.4, 0.5) is 11.5 Å². The van der Waals surface area contributed by atoms with Gasteiger partial charge in [-0.2, -0.15) is 10.4 Å². The molecule has 1 aliphatic rings. The Hall–Kier alpha value is -4.23. The highest BCUT2D eigenvalue weighted by molar-refractivity contribution is 5.92. The molecule has 37 heavy (non-hydrogen) atoms. The van der Waals surface area contributed by atoms with Crippen molar-refractivity contribution in [2.24, 2.45) is 0 Å². The molecule has 3 aromatic heterocycles. The molecule has 4 aromatic rings. The highest BCUT2D eigenvalue weighted by Gasteiger charge is 2.43. The first-order valence-electron chi connectivity index (χ1n) is 12.1. The fourth-order valence-corrected chi connectivity index (χ4v) is 4.71. The third-order valence-electron chi connectivity index (χ3n) is 6.42. The molecule has 10 heteroatoms. The topological polar surface area (TPSA) is 135 Å². The zero-order valence-corrected chi connectivity index (χ0v) is 20.9. The lowest BCUT2D eigenvalue weighted by Crippen LogP contribution is -2.47. The number of nitrogens with zero attached hydrogens (tertiary/aromatic N) is 4. The van der Waals surface area contributed by atoms with Crippen molar-refractivity contribution in [3.63, 3.8) is 0 Å². The van der Waals surface area contributed by atoms with E-state index in [4.69, 9.17) is 14.6 Å². The number of nitrogens with one attached hydrogen (secondary N) is 2. The van der Waals surface area contributed by atoms with Crippen LogP contribution in [0.25, 0.3) is 21.8 Å². The van der Waals surface area contributed by atoms with Crippen molar-refractivity contribution in [3.8, 4) is 6.07 Å². The zero-order valence-electron chi connectivity index (χ0n) is 20.9. The Morgan fingerprint density at radius 3 is 2.92 bits per heavy atom. The summed E-state index contributed by atoms with van der Waals surface area (Å²) >= 11 is 0. The van der Waals surface area contributed by atoms with Gasteiger partial charge in [0, 0.05) is 23.5 Å².